The summed E-state index contributed by atoms with van der Waals surface area (Å²) < 4.78 is 26.6. The Kier molecular flexibility index (Phi) is 3.22. The van der Waals surface area contributed by atoms with Gasteiger partial charge in [0.2, 0.25) is 0 Å². The van der Waals surface area contributed by atoms with Gasteiger partial charge in [-0.05, 0) is 25.7 Å². The summed E-state index contributed by atoms with van der Waals surface area (Å²) in [5, 5.41) is 5.66. The molecule has 0 spiro atoms. The van der Waals surface area contributed by atoms with Crippen LogP contribution in [0.2, 0.25) is 0 Å². The van der Waals surface area contributed by atoms with Crippen LogP contribution in [0.25, 0.3) is 0 Å². The third-order valence-electron chi connectivity index (χ3n) is 2.53. The lowest BCUT2D eigenvalue weighted by atomic mass is 10.3. The van der Waals surface area contributed by atoms with E-state index in [1.54, 1.807) is 0 Å². The average molecular weight is 227 g/mol. The highest BCUT2D eigenvalue weighted by Crippen LogP contribution is 2.29. The second-order valence-electron chi connectivity index (χ2n) is 4.00. The monoisotopic (exact) mass is 227 g/mol. The Morgan fingerprint density at radius 2 is 1.88 bits per heavy atom. The zero-order valence-electron chi connectivity index (χ0n) is 9.19. The van der Waals surface area contributed by atoms with Crippen LogP contribution < -0.4 is 10.6 Å². The molecular weight excluding hydrogens is 212 g/mol. The molecule has 1 heterocycles. The summed E-state index contributed by atoms with van der Waals surface area (Å²) in [4.78, 5) is 3.89. The zero-order valence-corrected chi connectivity index (χ0v) is 9.19. The van der Waals surface area contributed by atoms with Crippen molar-refractivity contribution in [2.75, 3.05) is 23.7 Å². The van der Waals surface area contributed by atoms with E-state index < -0.39 is 11.6 Å². The maximum absolute atomic E-state index is 13.3. The van der Waals surface area contributed by atoms with Gasteiger partial charge in [-0.25, -0.2) is 13.8 Å². The summed E-state index contributed by atoms with van der Waals surface area (Å²) >= 11 is 0. The fourth-order valence-electron chi connectivity index (χ4n) is 1.44. The van der Waals surface area contributed by atoms with Gasteiger partial charge in [-0.3, -0.25) is 0 Å². The van der Waals surface area contributed by atoms with E-state index in [-0.39, 0.29) is 11.6 Å². The number of hydrogen-bond acceptors (Lipinski definition) is 3. The third-order valence-corrected chi connectivity index (χ3v) is 2.53. The van der Waals surface area contributed by atoms with Crippen LogP contribution in [0.5, 0.6) is 0 Å². The van der Waals surface area contributed by atoms with Crippen LogP contribution >= 0.6 is 0 Å². The standard InChI is InChI=1S/C11H15F2N3/c1-2-14-10-8(12)5-9(13)11(16-10)15-6-7-3-4-7/h5,7H,2-4,6H2,1H3,(H2,14,15,16). The highest BCUT2D eigenvalue weighted by atomic mass is 19.1. The SMILES string of the molecule is CCNc1nc(NCC2CC2)c(F)cc1F. The van der Waals surface area contributed by atoms with Crippen molar-refractivity contribution in [1.29, 1.82) is 0 Å². The molecule has 0 unspecified atom stereocenters. The summed E-state index contributed by atoms with van der Waals surface area (Å²) in [7, 11) is 0. The van der Waals surface area contributed by atoms with Crippen LogP contribution in [-0.4, -0.2) is 18.1 Å². The summed E-state index contributed by atoms with van der Waals surface area (Å²) in [5.74, 6) is -0.448. The largest absolute Gasteiger partial charge is 0.368 e. The molecule has 0 bridgehead atoms. The minimum absolute atomic E-state index is 0.0993. The molecule has 88 valence electrons. The van der Waals surface area contributed by atoms with Gasteiger partial charge in [0.25, 0.3) is 0 Å². The normalized spacial score (nSPS) is 14.9. The van der Waals surface area contributed by atoms with Gasteiger partial charge in [0.1, 0.15) is 0 Å². The maximum Gasteiger partial charge on any atom is 0.168 e. The lowest BCUT2D eigenvalue weighted by molar-refractivity contribution is 0.577. The number of hydrogen-bond donors (Lipinski definition) is 2. The molecule has 2 rings (SSSR count). The van der Waals surface area contributed by atoms with Crippen LogP contribution in [0.1, 0.15) is 19.8 Å². The van der Waals surface area contributed by atoms with Gasteiger partial charge < -0.3 is 10.6 Å². The number of rotatable bonds is 5. The van der Waals surface area contributed by atoms with Gasteiger partial charge in [-0.2, -0.15) is 0 Å². The van der Waals surface area contributed by atoms with E-state index in [0.29, 0.717) is 19.0 Å². The van der Waals surface area contributed by atoms with Crippen molar-refractivity contribution in [3.63, 3.8) is 0 Å². The molecule has 1 saturated carbocycles. The first-order valence-corrected chi connectivity index (χ1v) is 5.54. The second-order valence-corrected chi connectivity index (χ2v) is 4.00. The Balaban J connectivity index is 2.11. The van der Waals surface area contributed by atoms with E-state index in [4.69, 9.17) is 0 Å². The van der Waals surface area contributed by atoms with E-state index in [0.717, 1.165) is 6.07 Å². The van der Waals surface area contributed by atoms with E-state index in [2.05, 4.69) is 15.6 Å². The fraction of sp³-hybridized carbons (Fsp3) is 0.545. The minimum Gasteiger partial charge on any atom is -0.368 e. The van der Waals surface area contributed by atoms with Crippen LogP contribution in [0.4, 0.5) is 20.4 Å². The first-order valence-electron chi connectivity index (χ1n) is 5.54. The Bertz CT molecular complexity index is 378. The van der Waals surface area contributed by atoms with Gasteiger partial charge in [-0.1, -0.05) is 0 Å². The summed E-state index contributed by atoms with van der Waals surface area (Å²) in [6, 6.07) is 0.861. The fourth-order valence-corrected chi connectivity index (χ4v) is 1.44. The second kappa shape index (κ2) is 4.63. The number of aromatic nitrogens is 1. The molecule has 1 aromatic heterocycles. The maximum atomic E-state index is 13.3. The molecular formula is C11H15F2N3. The molecule has 1 aliphatic rings. The van der Waals surface area contributed by atoms with Crippen molar-refractivity contribution < 1.29 is 8.78 Å². The van der Waals surface area contributed by atoms with Crippen molar-refractivity contribution in [3.05, 3.63) is 17.7 Å². The van der Waals surface area contributed by atoms with Crippen molar-refractivity contribution in [1.82, 2.24) is 4.98 Å². The number of anilines is 2. The van der Waals surface area contributed by atoms with Crippen LogP contribution in [0, 0.1) is 17.6 Å². The number of pyridine rings is 1. The number of halogens is 2. The Labute approximate surface area is 93.3 Å². The highest BCUT2D eigenvalue weighted by Gasteiger charge is 2.21. The van der Waals surface area contributed by atoms with Crippen LogP contribution in [0.3, 0.4) is 0 Å². The lowest BCUT2D eigenvalue weighted by Gasteiger charge is -2.09. The summed E-state index contributed by atoms with van der Waals surface area (Å²) in [5.41, 5.74) is 0. The molecule has 0 aliphatic heterocycles. The Morgan fingerprint density at radius 3 is 2.44 bits per heavy atom. The van der Waals surface area contributed by atoms with Crippen LogP contribution in [0.15, 0.2) is 6.07 Å². The van der Waals surface area contributed by atoms with E-state index in [1.165, 1.54) is 12.8 Å². The quantitative estimate of drug-likeness (QED) is 0.811. The topological polar surface area (TPSA) is 37.0 Å². The molecule has 3 nitrogen and oxygen atoms in total. The van der Waals surface area contributed by atoms with Gasteiger partial charge in [-0.15, -0.1) is 0 Å². The van der Waals surface area contributed by atoms with E-state index in [9.17, 15) is 8.78 Å². The van der Waals surface area contributed by atoms with Crippen molar-refractivity contribution in [3.8, 4) is 0 Å². The molecule has 1 fully saturated rings. The summed E-state index contributed by atoms with van der Waals surface area (Å²) in [6.07, 6.45) is 2.35. The van der Waals surface area contributed by atoms with Gasteiger partial charge in [0, 0.05) is 19.2 Å². The molecule has 1 aliphatic carbocycles. The average Bonchev–Trinajstić information content (AvgIpc) is 3.04. The Hall–Kier alpha value is -1.39. The molecule has 16 heavy (non-hydrogen) atoms. The van der Waals surface area contributed by atoms with Crippen LogP contribution in [-0.2, 0) is 0 Å². The molecule has 0 aromatic carbocycles. The molecule has 2 N–H and O–H groups in total. The van der Waals surface area contributed by atoms with Gasteiger partial charge >= 0.3 is 0 Å². The molecule has 0 amide bonds. The first-order chi connectivity index (χ1) is 7.70. The van der Waals surface area contributed by atoms with Gasteiger partial charge in [0.15, 0.2) is 23.3 Å². The first kappa shape index (κ1) is 11.1. The predicted molar refractivity (Wildman–Crippen MR) is 59.5 cm³/mol. The van der Waals surface area contributed by atoms with Crippen molar-refractivity contribution in [2.45, 2.75) is 19.8 Å². The predicted octanol–water partition coefficient (Wildman–Crippen LogP) is 2.61. The van der Waals surface area contributed by atoms with Crippen molar-refractivity contribution >= 4 is 11.6 Å². The smallest absolute Gasteiger partial charge is 0.168 e. The summed E-state index contributed by atoms with van der Waals surface area (Å²) in [6.45, 7) is 3.10. The number of nitrogens with one attached hydrogen (secondary N) is 2. The van der Waals surface area contributed by atoms with E-state index >= 15 is 0 Å². The van der Waals surface area contributed by atoms with E-state index in [1.807, 2.05) is 6.92 Å². The molecule has 0 radical (unpaired) electrons. The Morgan fingerprint density at radius 1 is 1.25 bits per heavy atom. The zero-order chi connectivity index (χ0) is 11.5. The minimum atomic E-state index is -0.656. The highest BCUT2D eigenvalue weighted by molar-refractivity contribution is 5.47. The molecule has 1 aromatic rings. The third kappa shape index (κ3) is 2.59. The molecule has 0 saturated heterocycles. The molecule has 0 atom stereocenters. The molecule has 5 heteroatoms. The van der Waals surface area contributed by atoms with Crippen molar-refractivity contribution in [2.24, 2.45) is 5.92 Å². The van der Waals surface area contributed by atoms with Gasteiger partial charge in [0.05, 0.1) is 0 Å². The lowest BCUT2D eigenvalue weighted by Crippen LogP contribution is -2.10. The number of nitrogens with zero attached hydrogens (tertiary/aromatic N) is 1.